The highest BCUT2D eigenvalue weighted by Gasteiger charge is 2.25. The fraction of sp³-hybridized carbons (Fsp3) is 0.333. The van der Waals surface area contributed by atoms with Crippen LogP contribution in [0.1, 0.15) is 5.69 Å². The second-order valence-electron chi connectivity index (χ2n) is 2.62. The molecule has 0 unspecified atom stereocenters. The lowest BCUT2D eigenvalue weighted by Crippen LogP contribution is -2.28. The predicted molar refractivity (Wildman–Crippen MR) is 46.3 cm³/mol. The highest BCUT2D eigenvalue weighted by Crippen LogP contribution is 2.22. The monoisotopic (exact) mass is 232 g/mol. The first-order valence-corrected chi connectivity index (χ1v) is 5.03. The van der Waals surface area contributed by atoms with Gasteiger partial charge in [-0.15, -0.1) is 0 Å². The molecule has 0 aromatic carbocycles. The Bertz CT molecular complexity index is 440. The maximum Gasteiger partial charge on any atom is 0.326 e. The van der Waals surface area contributed by atoms with E-state index < -0.39 is 33.1 Å². The number of H-pyrrole nitrogens is 1. The number of hydrogen-bond donors (Lipinski definition) is 1. The van der Waals surface area contributed by atoms with Crippen molar-refractivity contribution < 1.29 is 19.0 Å². The van der Waals surface area contributed by atoms with Crippen molar-refractivity contribution in [1.29, 1.82) is 0 Å². The van der Waals surface area contributed by atoms with Crippen LogP contribution >= 0.6 is 0 Å². The zero-order valence-electron chi connectivity index (χ0n) is 7.55. The van der Waals surface area contributed by atoms with Gasteiger partial charge >= 0.3 is 5.69 Å². The van der Waals surface area contributed by atoms with Crippen molar-refractivity contribution >= 4 is 22.5 Å². The molecule has 0 bridgehead atoms. The van der Waals surface area contributed by atoms with Crippen molar-refractivity contribution in [3.05, 3.63) is 15.8 Å². The number of rotatable bonds is 4. The van der Waals surface area contributed by atoms with Crippen molar-refractivity contribution in [3.8, 4) is 0 Å². The topological polar surface area (TPSA) is 129 Å². The van der Waals surface area contributed by atoms with E-state index >= 15 is 0 Å². The second kappa shape index (κ2) is 4.17. The van der Waals surface area contributed by atoms with Gasteiger partial charge in [-0.2, -0.15) is 5.10 Å². The largest absolute Gasteiger partial charge is 0.549 e. The summed E-state index contributed by atoms with van der Waals surface area (Å²) in [5, 5.41) is 26.0. The summed E-state index contributed by atoms with van der Waals surface area (Å²) in [5.74, 6) is -2.37. The van der Waals surface area contributed by atoms with Gasteiger partial charge in [0.15, 0.2) is 0 Å². The summed E-state index contributed by atoms with van der Waals surface area (Å²) in [5.41, 5.74) is -0.323. The number of carbonyl (C=O) groups is 1. The minimum atomic E-state index is -2.07. The van der Waals surface area contributed by atoms with Crippen molar-refractivity contribution in [3.63, 3.8) is 0 Å². The number of carboxylic acids is 1. The molecule has 15 heavy (non-hydrogen) atoms. The molecule has 0 fully saturated rings. The van der Waals surface area contributed by atoms with E-state index in [0.29, 0.717) is 0 Å². The summed E-state index contributed by atoms with van der Waals surface area (Å²) in [6.45, 7) is 1.38. The first-order valence-electron chi connectivity index (χ1n) is 3.71. The number of carboxylic acid groups (broad SMARTS) is 1. The molecule has 1 aromatic heterocycles. The first-order chi connectivity index (χ1) is 6.93. The number of aromatic amines is 1. The molecule has 0 saturated carbocycles. The molecule has 0 aliphatic heterocycles. The smallest absolute Gasteiger partial charge is 0.326 e. The van der Waals surface area contributed by atoms with Crippen LogP contribution in [0, 0.1) is 17.0 Å². The Morgan fingerprint density at radius 3 is 2.73 bits per heavy atom. The molecule has 1 rings (SSSR count). The molecule has 8 nitrogen and oxygen atoms in total. The lowest BCUT2D eigenvalue weighted by atomic mass is 10.4. The second-order valence-corrected chi connectivity index (χ2v) is 3.99. The summed E-state index contributed by atoms with van der Waals surface area (Å²) < 4.78 is 11.3. The van der Waals surface area contributed by atoms with Gasteiger partial charge in [-0.1, -0.05) is 0 Å². The first kappa shape index (κ1) is 11.3. The van der Waals surface area contributed by atoms with E-state index in [1.807, 2.05) is 0 Å². The van der Waals surface area contributed by atoms with Gasteiger partial charge in [-0.25, -0.2) is 0 Å². The van der Waals surface area contributed by atoms with Gasteiger partial charge in [0, 0.05) is 0 Å². The Labute approximate surface area is 85.9 Å². The van der Waals surface area contributed by atoms with Crippen LogP contribution in [0.15, 0.2) is 5.03 Å². The van der Waals surface area contributed by atoms with E-state index in [9.17, 15) is 24.2 Å². The summed E-state index contributed by atoms with van der Waals surface area (Å²) >= 11 is 0. The van der Waals surface area contributed by atoms with E-state index in [2.05, 4.69) is 10.2 Å². The number of nitrogens with one attached hydrogen (secondary N) is 1. The van der Waals surface area contributed by atoms with Gasteiger partial charge in [0.25, 0.3) is 0 Å². The Balaban J connectivity index is 3.09. The molecule has 1 N–H and O–H groups in total. The highest BCUT2D eigenvalue weighted by atomic mass is 32.2. The normalized spacial score (nSPS) is 12.3. The van der Waals surface area contributed by atoms with Gasteiger partial charge < -0.3 is 9.90 Å². The van der Waals surface area contributed by atoms with Crippen LogP contribution in [0.25, 0.3) is 0 Å². The molecule has 0 spiro atoms. The lowest BCUT2D eigenvalue weighted by Gasteiger charge is -1.98. The third kappa shape index (κ3) is 2.37. The van der Waals surface area contributed by atoms with Crippen molar-refractivity contribution in [2.24, 2.45) is 0 Å². The van der Waals surface area contributed by atoms with Crippen molar-refractivity contribution in [2.75, 3.05) is 5.75 Å². The lowest BCUT2D eigenvalue weighted by molar-refractivity contribution is -0.388. The predicted octanol–water partition coefficient (Wildman–Crippen LogP) is -1.52. The number of aliphatic carboxylic acids is 1. The van der Waals surface area contributed by atoms with E-state index in [4.69, 9.17) is 0 Å². The van der Waals surface area contributed by atoms with Crippen molar-refractivity contribution in [1.82, 2.24) is 10.2 Å². The third-order valence-corrected chi connectivity index (χ3v) is 2.74. The molecule has 0 amide bonds. The molecule has 1 aromatic rings. The van der Waals surface area contributed by atoms with Crippen LogP contribution < -0.4 is 5.11 Å². The van der Waals surface area contributed by atoms with Crippen LogP contribution in [-0.2, 0) is 15.6 Å². The molecule has 0 saturated heterocycles. The zero-order chi connectivity index (χ0) is 11.6. The SMILES string of the molecule is Cc1[nH]nc([S@@](=O)CC(=O)[O-])c1[N+](=O)[O-]. The molecule has 1 heterocycles. The average molecular weight is 232 g/mol. The summed E-state index contributed by atoms with van der Waals surface area (Å²) in [4.78, 5) is 19.9. The van der Waals surface area contributed by atoms with Crippen LogP contribution in [0.5, 0.6) is 0 Å². The maximum atomic E-state index is 11.3. The fourth-order valence-electron chi connectivity index (χ4n) is 0.950. The quantitative estimate of drug-likeness (QED) is 0.496. The zero-order valence-corrected chi connectivity index (χ0v) is 8.37. The van der Waals surface area contributed by atoms with Crippen LogP contribution in [0.3, 0.4) is 0 Å². The van der Waals surface area contributed by atoms with E-state index in [-0.39, 0.29) is 10.7 Å². The molecule has 1 atom stereocenters. The number of hydrogen-bond acceptors (Lipinski definition) is 6. The number of aryl methyl sites for hydroxylation is 1. The summed E-state index contributed by atoms with van der Waals surface area (Å²) in [6.07, 6.45) is 0. The van der Waals surface area contributed by atoms with Gasteiger partial charge in [-0.05, 0) is 6.92 Å². The van der Waals surface area contributed by atoms with E-state index in [0.717, 1.165) is 0 Å². The van der Waals surface area contributed by atoms with Crippen LogP contribution in [-0.4, -0.2) is 31.1 Å². The number of carbonyl (C=O) groups excluding carboxylic acids is 1. The molecular weight excluding hydrogens is 226 g/mol. The minimum absolute atomic E-state index is 0.127. The van der Waals surface area contributed by atoms with Crippen molar-refractivity contribution in [2.45, 2.75) is 11.9 Å². The minimum Gasteiger partial charge on any atom is -0.549 e. The van der Waals surface area contributed by atoms with Gasteiger partial charge in [0.2, 0.25) is 5.03 Å². The molecule has 0 radical (unpaired) electrons. The Hall–Kier alpha value is -1.77. The van der Waals surface area contributed by atoms with Gasteiger partial charge in [-0.3, -0.25) is 19.4 Å². The highest BCUT2D eigenvalue weighted by molar-refractivity contribution is 7.85. The number of aromatic nitrogens is 2. The molecule has 0 aliphatic carbocycles. The fourth-order valence-corrected chi connectivity index (χ4v) is 1.89. The molecular formula is C6H6N3O5S-. The Morgan fingerprint density at radius 2 is 2.27 bits per heavy atom. The van der Waals surface area contributed by atoms with Crippen LogP contribution in [0.2, 0.25) is 0 Å². The molecule has 0 aliphatic rings. The van der Waals surface area contributed by atoms with Crippen LogP contribution in [0.4, 0.5) is 5.69 Å². The molecule has 82 valence electrons. The standard InChI is InChI=1S/C6H7N3O5S/c1-3-5(9(12)13)6(8-7-3)15(14)2-4(10)11/h2H2,1H3,(H,7,8)(H,10,11)/p-1/t15-/m0/s1. The third-order valence-electron chi connectivity index (χ3n) is 1.53. The number of nitro groups is 1. The van der Waals surface area contributed by atoms with E-state index in [1.54, 1.807) is 0 Å². The van der Waals surface area contributed by atoms with Gasteiger partial charge in [0.1, 0.15) is 5.69 Å². The summed E-state index contributed by atoms with van der Waals surface area (Å²) in [7, 11) is -2.07. The molecule has 9 heteroatoms. The Kier molecular flexibility index (Phi) is 3.14. The van der Waals surface area contributed by atoms with E-state index in [1.165, 1.54) is 6.92 Å². The number of nitrogens with zero attached hydrogens (tertiary/aromatic N) is 2. The van der Waals surface area contributed by atoms with Gasteiger partial charge in [0.05, 0.1) is 27.4 Å². The maximum absolute atomic E-state index is 11.3. The summed E-state index contributed by atoms with van der Waals surface area (Å²) in [6, 6.07) is 0. The Morgan fingerprint density at radius 1 is 1.67 bits per heavy atom. The average Bonchev–Trinajstić information content (AvgIpc) is 2.45.